The third-order valence-corrected chi connectivity index (χ3v) is 3.92. The minimum Gasteiger partial charge on any atom is -0.309 e. The zero-order valence-electron chi connectivity index (χ0n) is 10.5. The molecular weight excluding hydrogens is 306 g/mol. The Kier molecular flexibility index (Phi) is 3.14. The lowest BCUT2D eigenvalue weighted by atomic mass is 10.1. The molecule has 1 aliphatic rings. The van der Waals surface area contributed by atoms with E-state index in [2.05, 4.69) is 38.5 Å². The Morgan fingerprint density at radius 3 is 2.74 bits per heavy atom. The second kappa shape index (κ2) is 4.81. The van der Waals surface area contributed by atoms with Crippen molar-refractivity contribution in [2.45, 2.75) is 12.3 Å². The van der Waals surface area contributed by atoms with Gasteiger partial charge in [0.05, 0.1) is 0 Å². The lowest BCUT2D eigenvalue weighted by Gasteiger charge is -2.02. The molecule has 2 atom stereocenters. The van der Waals surface area contributed by atoms with Gasteiger partial charge in [-0.15, -0.1) is 0 Å². The maximum atomic E-state index is 12.1. The zero-order chi connectivity index (χ0) is 13.4. The average molecular weight is 320 g/mol. The second-order valence-corrected chi connectivity index (χ2v) is 5.78. The van der Waals surface area contributed by atoms with E-state index in [9.17, 15) is 4.79 Å². The summed E-state index contributed by atoms with van der Waals surface area (Å²) in [5, 5.41) is 7.00. The zero-order valence-corrected chi connectivity index (χ0v) is 12.1. The summed E-state index contributed by atoms with van der Waals surface area (Å²) in [6.07, 6.45) is 2.73. The highest BCUT2D eigenvalue weighted by molar-refractivity contribution is 9.10. The van der Waals surface area contributed by atoms with Crippen LogP contribution in [-0.2, 0) is 11.8 Å². The van der Waals surface area contributed by atoms with Crippen molar-refractivity contribution in [1.29, 1.82) is 0 Å². The van der Waals surface area contributed by atoms with E-state index in [1.807, 2.05) is 25.4 Å². The van der Waals surface area contributed by atoms with Crippen molar-refractivity contribution in [2.75, 3.05) is 5.32 Å². The normalized spacial score (nSPS) is 21.2. The molecule has 2 aromatic rings. The molecule has 0 saturated heterocycles. The number of carbonyl (C=O) groups excluding carboxylic acids is 1. The summed E-state index contributed by atoms with van der Waals surface area (Å²) >= 11 is 3.42. The molecular formula is C14H14BrN3O. The average Bonchev–Trinajstić information content (AvgIpc) is 3.08. The molecule has 1 N–H and O–H groups in total. The summed E-state index contributed by atoms with van der Waals surface area (Å²) in [7, 11) is 1.83. The van der Waals surface area contributed by atoms with Crippen molar-refractivity contribution >= 4 is 27.7 Å². The van der Waals surface area contributed by atoms with Crippen LogP contribution in [-0.4, -0.2) is 15.7 Å². The molecule has 1 aromatic heterocycles. The van der Waals surface area contributed by atoms with E-state index in [4.69, 9.17) is 0 Å². The summed E-state index contributed by atoms with van der Waals surface area (Å²) in [4.78, 5) is 12.1. The van der Waals surface area contributed by atoms with Crippen LogP contribution in [0.1, 0.15) is 17.9 Å². The quantitative estimate of drug-likeness (QED) is 0.945. The molecule has 98 valence electrons. The number of benzene rings is 1. The van der Waals surface area contributed by atoms with Crippen LogP contribution >= 0.6 is 15.9 Å². The Hall–Kier alpha value is -1.62. The van der Waals surface area contributed by atoms with Gasteiger partial charge in [0, 0.05) is 29.7 Å². The first-order valence-electron chi connectivity index (χ1n) is 6.19. The summed E-state index contributed by atoms with van der Waals surface area (Å²) in [6.45, 7) is 0. The molecule has 19 heavy (non-hydrogen) atoms. The van der Waals surface area contributed by atoms with E-state index in [-0.39, 0.29) is 11.8 Å². The Balaban J connectivity index is 1.63. The predicted molar refractivity (Wildman–Crippen MR) is 76.8 cm³/mol. The minimum absolute atomic E-state index is 0.0617. The first kappa shape index (κ1) is 12.4. The third-order valence-electron chi connectivity index (χ3n) is 3.39. The van der Waals surface area contributed by atoms with E-state index < -0.39 is 0 Å². The van der Waals surface area contributed by atoms with Crippen LogP contribution in [0.4, 0.5) is 5.82 Å². The molecule has 0 bridgehead atoms. The van der Waals surface area contributed by atoms with Gasteiger partial charge >= 0.3 is 0 Å². The summed E-state index contributed by atoms with van der Waals surface area (Å²) < 4.78 is 2.74. The van der Waals surface area contributed by atoms with Crippen molar-refractivity contribution in [3.05, 3.63) is 46.6 Å². The summed E-state index contributed by atoms with van der Waals surface area (Å²) in [5.41, 5.74) is 1.23. The molecule has 0 aliphatic heterocycles. The number of aryl methyl sites for hydroxylation is 1. The maximum Gasteiger partial charge on any atom is 0.229 e. The fourth-order valence-corrected chi connectivity index (χ4v) is 2.53. The standard InChI is InChI=1S/C14H14BrN3O/c1-18-7-6-13(17-18)16-14(19)12-8-11(12)9-2-4-10(15)5-3-9/h2-7,11-12H,8H2,1H3,(H,16,17,19)/t11-,12-/m0/s1. The maximum absolute atomic E-state index is 12.1. The monoisotopic (exact) mass is 319 g/mol. The van der Waals surface area contributed by atoms with Crippen molar-refractivity contribution in [3.63, 3.8) is 0 Å². The number of carbonyl (C=O) groups is 1. The molecule has 4 nitrogen and oxygen atoms in total. The molecule has 1 amide bonds. The van der Waals surface area contributed by atoms with Crippen LogP contribution in [0.15, 0.2) is 41.0 Å². The number of nitrogens with zero attached hydrogens (tertiary/aromatic N) is 2. The number of anilines is 1. The van der Waals surface area contributed by atoms with Gasteiger partial charge < -0.3 is 5.32 Å². The van der Waals surface area contributed by atoms with E-state index in [0.29, 0.717) is 11.7 Å². The SMILES string of the molecule is Cn1ccc(NC(=O)[C@H]2C[C@H]2c2ccc(Br)cc2)n1. The van der Waals surface area contributed by atoms with Gasteiger partial charge in [0.15, 0.2) is 5.82 Å². The van der Waals surface area contributed by atoms with E-state index in [1.165, 1.54) is 5.56 Å². The molecule has 0 radical (unpaired) electrons. The third kappa shape index (κ3) is 2.71. The lowest BCUT2D eigenvalue weighted by molar-refractivity contribution is -0.117. The highest BCUT2D eigenvalue weighted by atomic mass is 79.9. The molecule has 0 spiro atoms. The van der Waals surface area contributed by atoms with Crippen molar-refractivity contribution in [1.82, 2.24) is 9.78 Å². The molecule has 1 aliphatic carbocycles. The van der Waals surface area contributed by atoms with Crippen molar-refractivity contribution in [2.24, 2.45) is 13.0 Å². The number of amides is 1. The Morgan fingerprint density at radius 2 is 2.11 bits per heavy atom. The van der Waals surface area contributed by atoms with Gasteiger partial charge in [-0.05, 0) is 30.0 Å². The molecule has 3 rings (SSSR count). The van der Waals surface area contributed by atoms with Crippen LogP contribution in [0.5, 0.6) is 0 Å². The minimum atomic E-state index is 0.0617. The highest BCUT2D eigenvalue weighted by Gasteiger charge is 2.44. The van der Waals surface area contributed by atoms with Crippen molar-refractivity contribution < 1.29 is 4.79 Å². The number of rotatable bonds is 3. The summed E-state index contributed by atoms with van der Waals surface area (Å²) in [6, 6.07) is 9.98. The first-order chi connectivity index (χ1) is 9.13. The molecule has 1 saturated carbocycles. The number of nitrogens with one attached hydrogen (secondary N) is 1. The van der Waals surface area contributed by atoms with E-state index in [1.54, 1.807) is 10.7 Å². The number of halogens is 1. The van der Waals surface area contributed by atoms with Gasteiger partial charge in [-0.25, -0.2) is 0 Å². The molecule has 5 heteroatoms. The first-order valence-corrected chi connectivity index (χ1v) is 6.99. The van der Waals surface area contributed by atoms with E-state index in [0.717, 1.165) is 10.9 Å². The predicted octanol–water partition coefficient (Wildman–Crippen LogP) is 2.92. The van der Waals surface area contributed by atoms with E-state index >= 15 is 0 Å². The lowest BCUT2D eigenvalue weighted by Crippen LogP contribution is -2.15. The highest BCUT2D eigenvalue weighted by Crippen LogP contribution is 2.48. The van der Waals surface area contributed by atoms with Crippen LogP contribution in [0, 0.1) is 5.92 Å². The molecule has 1 fully saturated rings. The Morgan fingerprint density at radius 1 is 1.37 bits per heavy atom. The van der Waals surface area contributed by atoms with Gasteiger partial charge in [0.25, 0.3) is 0 Å². The number of hydrogen-bond acceptors (Lipinski definition) is 2. The fraction of sp³-hybridized carbons (Fsp3) is 0.286. The van der Waals surface area contributed by atoms with Gasteiger partial charge in [0.1, 0.15) is 0 Å². The molecule has 0 unspecified atom stereocenters. The Labute approximate surface area is 119 Å². The molecule has 1 heterocycles. The summed E-state index contributed by atoms with van der Waals surface area (Å²) in [5.74, 6) is 1.10. The second-order valence-electron chi connectivity index (χ2n) is 4.86. The fourth-order valence-electron chi connectivity index (χ4n) is 2.26. The van der Waals surface area contributed by atoms with Crippen LogP contribution in [0.3, 0.4) is 0 Å². The number of aromatic nitrogens is 2. The van der Waals surface area contributed by atoms with Gasteiger partial charge in [-0.1, -0.05) is 28.1 Å². The number of hydrogen-bond donors (Lipinski definition) is 1. The van der Waals surface area contributed by atoms with Crippen LogP contribution in [0.25, 0.3) is 0 Å². The smallest absolute Gasteiger partial charge is 0.229 e. The van der Waals surface area contributed by atoms with Gasteiger partial charge in [0.2, 0.25) is 5.91 Å². The van der Waals surface area contributed by atoms with Gasteiger partial charge in [-0.3, -0.25) is 9.48 Å². The Bertz CT molecular complexity index is 605. The molecule has 1 aromatic carbocycles. The van der Waals surface area contributed by atoms with Crippen LogP contribution in [0.2, 0.25) is 0 Å². The van der Waals surface area contributed by atoms with Crippen LogP contribution < -0.4 is 5.32 Å². The van der Waals surface area contributed by atoms with Gasteiger partial charge in [-0.2, -0.15) is 5.10 Å². The topological polar surface area (TPSA) is 46.9 Å². The van der Waals surface area contributed by atoms with Crippen molar-refractivity contribution in [3.8, 4) is 0 Å². The largest absolute Gasteiger partial charge is 0.309 e.